The van der Waals surface area contributed by atoms with Crippen LogP contribution in [0, 0.1) is 0 Å². The Labute approximate surface area is 81.1 Å². The summed E-state index contributed by atoms with van der Waals surface area (Å²) < 4.78 is 0. The van der Waals surface area contributed by atoms with E-state index in [0.29, 0.717) is 6.42 Å². The molecule has 0 rings (SSSR count). The molecule has 1 amide bonds. The SMILES string of the molecule is CCCC(N)CC(=O)NC(C)CC. The van der Waals surface area contributed by atoms with Gasteiger partial charge in [-0.1, -0.05) is 20.3 Å². The maximum absolute atomic E-state index is 11.3. The van der Waals surface area contributed by atoms with E-state index in [1.165, 1.54) is 0 Å². The molecular formula is C10H22N2O. The highest BCUT2D eigenvalue weighted by Gasteiger charge is 2.09. The Hall–Kier alpha value is -0.570. The molecule has 0 aromatic rings. The number of carbonyl (C=O) groups excluding carboxylic acids is 1. The van der Waals surface area contributed by atoms with Crippen molar-refractivity contribution in [2.45, 2.75) is 58.5 Å². The van der Waals surface area contributed by atoms with Crippen molar-refractivity contribution in [2.24, 2.45) is 5.73 Å². The van der Waals surface area contributed by atoms with Crippen molar-refractivity contribution < 1.29 is 4.79 Å². The van der Waals surface area contributed by atoms with Crippen LogP contribution in [0.3, 0.4) is 0 Å². The van der Waals surface area contributed by atoms with Gasteiger partial charge in [-0.15, -0.1) is 0 Å². The van der Waals surface area contributed by atoms with Gasteiger partial charge in [0.2, 0.25) is 5.91 Å². The van der Waals surface area contributed by atoms with Crippen LogP contribution in [0.4, 0.5) is 0 Å². The number of amides is 1. The van der Waals surface area contributed by atoms with E-state index in [1.807, 2.05) is 6.92 Å². The Kier molecular flexibility index (Phi) is 6.59. The van der Waals surface area contributed by atoms with Crippen molar-refractivity contribution in [1.29, 1.82) is 0 Å². The van der Waals surface area contributed by atoms with E-state index in [1.54, 1.807) is 0 Å². The predicted octanol–water partition coefficient (Wildman–Crippen LogP) is 1.42. The molecule has 2 unspecified atom stereocenters. The van der Waals surface area contributed by atoms with Gasteiger partial charge in [0, 0.05) is 18.5 Å². The summed E-state index contributed by atoms with van der Waals surface area (Å²) in [7, 11) is 0. The van der Waals surface area contributed by atoms with Gasteiger partial charge < -0.3 is 11.1 Å². The number of carbonyl (C=O) groups is 1. The molecule has 3 heteroatoms. The number of rotatable bonds is 6. The second-order valence-electron chi connectivity index (χ2n) is 3.63. The molecule has 0 bridgehead atoms. The van der Waals surface area contributed by atoms with Gasteiger partial charge in [-0.25, -0.2) is 0 Å². The maximum atomic E-state index is 11.3. The van der Waals surface area contributed by atoms with Crippen molar-refractivity contribution in [3.8, 4) is 0 Å². The van der Waals surface area contributed by atoms with Crippen molar-refractivity contribution in [1.82, 2.24) is 5.32 Å². The highest BCUT2D eigenvalue weighted by molar-refractivity contribution is 5.76. The fraction of sp³-hybridized carbons (Fsp3) is 0.900. The van der Waals surface area contributed by atoms with Crippen molar-refractivity contribution in [2.75, 3.05) is 0 Å². The zero-order valence-electron chi connectivity index (χ0n) is 8.97. The molecule has 78 valence electrons. The van der Waals surface area contributed by atoms with E-state index in [9.17, 15) is 4.79 Å². The normalized spacial score (nSPS) is 15.1. The van der Waals surface area contributed by atoms with Crippen LogP contribution in [0.1, 0.15) is 46.5 Å². The topological polar surface area (TPSA) is 55.1 Å². The monoisotopic (exact) mass is 186 g/mol. The first-order chi connectivity index (χ1) is 6.10. The number of nitrogens with one attached hydrogen (secondary N) is 1. The van der Waals surface area contributed by atoms with Gasteiger partial charge in [-0.05, 0) is 19.8 Å². The molecule has 0 aromatic carbocycles. The van der Waals surface area contributed by atoms with Crippen LogP contribution in [0.5, 0.6) is 0 Å². The first-order valence-corrected chi connectivity index (χ1v) is 5.15. The summed E-state index contributed by atoms with van der Waals surface area (Å²) in [6, 6.07) is 0.287. The molecule has 0 heterocycles. The molecule has 0 aromatic heterocycles. The third-order valence-corrected chi connectivity index (χ3v) is 2.13. The summed E-state index contributed by atoms with van der Waals surface area (Å²) in [6.45, 7) is 6.13. The van der Waals surface area contributed by atoms with Crippen LogP contribution in [-0.2, 0) is 4.79 Å². The molecule has 2 atom stereocenters. The minimum Gasteiger partial charge on any atom is -0.354 e. The zero-order valence-corrected chi connectivity index (χ0v) is 8.97. The summed E-state index contributed by atoms with van der Waals surface area (Å²) in [5.41, 5.74) is 5.74. The second-order valence-corrected chi connectivity index (χ2v) is 3.63. The Morgan fingerprint density at radius 1 is 1.46 bits per heavy atom. The summed E-state index contributed by atoms with van der Waals surface area (Å²) in [4.78, 5) is 11.3. The van der Waals surface area contributed by atoms with Crippen LogP contribution < -0.4 is 11.1 Å². The first kappa shape index (κ1) is 12.4. The molecule has 0 radical (unpaired) electrons. The summed E-state index contributed by atoms with van der Waals surface area (Å²) in [5, 5.41) is 2.90. The van der Waals surface area contributed by atoms with Gasteiger partial charge in [-0.2, -0.15) is 0 Å². The van der Waals surface area contributed by atoms with E-state index >= 15 is 0 Å². The molecule has 0 aliphatic heterocycles. The van der Waals surface area contributed by atoms with Gasteiger partial charge in [0.1, 0.15) is 0 Å². The average Bonchev–Trinajstić information content (AvgIpc) is 2.04. The Morgan fingerprint density at radius 2 is 2.08 bits per heavy atom. The molecular weight excluding hydrogens is 164 g/mol. The lowest BCUT2D eigenvalue weighted by molar-refractivity contribution is -0.122. The molecule has 0 aliphatic carbocycles. The second kappa shape index (κ2) is 6.89. The fourth-order valence-corrected chi connectivity index (χ4v) is 1.15. The van der Waals surface area contributed by atoms with Crippen LogP contribution >= 0.6 is 0 Å². The summed E-state index contributed by atoms with van der Waals surface area (Å²) >= 11 is 0. The molecule has 3 nitrogen and oxygen atoms in total. The minimum atomic E-state index is 0.0223. The Morgan fingerprint density at radius 3 is 2.54 bits per heavy atom. The summed E-state index contributed by atoms with van der Waals surface area (Å²) in [5.74, 6) is 0.0790. The molecule has 13 heavy (non-hydrogen) atoms. The van der Waals surface area contributed by atoms with Gasteiger partial charge in [0.25, 0.3) is 0 Å². The molecule has 0 saturated carbocycles. The predicted molar refractivity (Wildman–Crippen MR) is 55.4 cm³/mol. The minimum absolute atomic E-state index is 0.0223. The molecule has 0 fully saturated rings. The lowest BCUT2D eigenvalue weighted by Crippen LogP contribution is -2.36. The smallest absolute Gasteiger partial charge is 0.221 e. The fourth-order valence-electron chi connectivity index (χ4n) is 1.15. The van der Waals surface area contributed by atoms with E-state index in [2.05, 4.69) is 19.2 Å². The van der Waals surface area contributed by atoms with Crippen LogP contribution in [0.25, 0.3) is 0 Å². The number of hydrogen-bond acceptors (Lipinski definition) is 2. The third-order valence-electron chi connectivity index (χ3n) is 2.13. The lowest BCUT2D eigenvalue weighted by atomic mass is 10.1. The van der Waals surface area contributed by atoms with Crippen LogP contribution in [-0.4, -0.2) is 18.0 Å². The van der Waals surface area contributed by atoms with Gasteiger partial charge in [0.05, 0.1) is 0 Å². The van der Waals surface area contributed by atoms with Crippen LogP contribution in [0.2, 0.25) is 0 Å². The standard InChI is InChI=1S/C10H22N2O/c1-4-6-9(11)7-10(13)12-8(3)5-2/h8-9H,4-7,11H2,1-3H3,(H,12,13). The zero-order chi connectivity index (χ0) is 10.3. The van der Waals surface area contributed by atoms with Crippen molar-refractivity contribution in [3.63, 3.8) is 0 Å². The van der Waals surface area contributed by atoms with Gasteiger partial charge in [-0.3, -0.25) is 4.79 Å². The number of hydrogen-bond donors (Lipinski definition) is 2. The molecule has 3 N–H and O–H groups in total. The Bertz CT molecular complexity index is 148. The van der Waals surface area contributed by atoms with E-state index < -0.39 is 0 Å². The maximum Gasteiger partial charge on any atom is 0.221 e. The van der Waals surface area contributed by atoms with Crippen molar-refractivity contribution in [3.05, 3.63) is 0 Å². The van der Waals surface area contributed by atoms with Crippen molar-refractivity contribution >= 4 is 5.91 Å². The van der Waals surface area contributed by atoms with E-state index in [-0.39, 0.29) is 18.0 Å². The largest absolute Gasteiger partial charge is 0.354 e. The number of nitrogens with two attached hydrogens (primary N) is 1. The molecule has 0 spiro atoms. The molecule has 0 aliphatic rings. The lowest BCUT2D eigenvalue weighted by Gasteiger charge is -2.14. The summed E-state index contributed by atoms with van der Waals surface area (Å²) in [6.07, 6.45) is 3.39. The van der Waals surface area contributed by atoms with E-state index in [4.69, 9.17) is 5.73 Å². The average molecular weight is 186 g/mol. The van der Waals surface area contributed by atoms with Gasteiger partial charge in [0.15, 0.2) is 0 Å². The highest BCUT2D eigenvalue weighted by atomic mass is 16.1. The highest BCUT2D eigenvalue weighted by Crippen LogP contribution is 1.99. The third kappa shape index (κ3) is 6.58. The quantitative estimate of drug-likeness (QED) is 0.659. The molecule has 0 saturated heterocycles. The van der Waals surface area contributed by atoms with Gasteiger partial charge >= 0.3 is 0 Å². The van der Waals surface area contributed by atoms with Crippen LogP contribution in [0.15, 0.2) is 0 Å². The Balaban J connectivity index is 3.61. The first-order valence-electron chi connectivity index (χ1n) is 5.15. The van der Waals surface area contributed by atoms with E-state index in [0.717, 1.165) is 19.3 Å².